The number of anilines is 1. The van der Waals surface area contributed by atoms with Gasteiger partial charge in [-0.1, -0.05) is 11.6 Å². The zero-order chi connectivity index (χ0) is 24.1. The van der Waals surface area contributed by atoms with E-state index in [9.17, 15) is 19.2 Å². The fourth-order valence-corrected chi connectivity index (χ4v) is 3.16. The van der Waals surface area contributed by atoms with Crippen LogP contribution in [0.5, 0.6) is 0 Å². The Labute approximate surface area is 191 Å². The Bertz CT molecular complexity index is 855. The van der Waals surface area contributed by atoms with Gasteiger partial charge in [0.15, 0.2) is 0 Å². The predicted octanol–water partition coefficient (Wildman–Crippen LogP) is 1.44. The molecule has 11 nitrogen and oxygen atoms in total. The molecular formula is C20H29ClN6O5. The molecule has 12 heteroatoms. The van der Waals surface area contributed by atoms with Crippen molar-refractivity contribution in [2.45, 2.75) is 44.9 Å². The van der Waals surface area contributed by atoms with E-state index in [4.69, 9.17) is 16.3 Å². The highest BCUT2D eigenvalue weighted by Crippen LogP contribution is 2.15. The molecule has 176 valence electrons. The number of halogens is 1. The number of urea groups is 1. The molecular weight excluding hydrogens is 440 g/mol. The molecule has 2 atom stereocenters. The molecule has 2 rings (SSSR count). The molecule has 0 bridgehead atoms. The molecule has 0 unspecified atom stereocenters. The summed E-state index contributed by atoms with van der Waals surface area (Å²) in [6, 6.07) is 1.52. The number of amides is 5. The Morgan fingerprint density at radius 2 is 1.81 bits per heavy atom. The van der Waals surface area contributed by atoms with E-state index in [0.717, 1.165) is 0 Å². The monoisotopic (exact) mass is 468 g/mol. The summed E-state index contributed by atoms with van der Waals surface area (Å²) >= 11 is 5.76. The summed E-state index contributed by atoms with van der Waals surface area (Å²) in [5, 5.41) is 8.11. The van der Waals surface area contributed by atoms with Gasteiger partial charge in [-0.25, -0.2) is 14.6 Å². The third-order valence-corrected chi connectivity index (χ3v) is 4.68. The first kappa shape index (κ1) is 25.2. The van der Waals surface area contributed by atoms with Crippen LogP contribution in [0, 0.1) is 0 Å². The van der Waals surface area contributed by atoms with E-state index in [2.05, 4.69) is 20.9 Å². The quantitative estimate of drug-likeness (QED) is 0.575. The Morgan fingerprint density at radius 3 is 2.38 bits per heavy atom. The van der Waals surface area contributed by atoms with E-state index in [1.54, 1.807) is 39.8 Å². The van der Waals surface area contributed by atoms with Gasteiger partial charge in [0.25, 0.3) is 0 Å². The second-order valence-corrected chi connectivity index (χ2v) is 9.00. The second-order valence-electron chi connectivity index (χ2n) is 8.56. The maximum Gasteiger partial charge on any atom is 0.408 e. The number of nitrogens with zero attached hydrogens (tertiary/aromatic N) is 3. The summed E-state index contributed by atoms with van der Waals surface area (Å²) in [7, 11) is 3.25. The zero-order valence-electron chi connectivity index (χ0n) is 18.8. The summed E-state index contributed by atoms with van der Waals surface area (Å²) in [6.07, 6.45) is 0.988. The number of carbonyl (C=O) groups is 4. The van der Waals surface area contributed by atoms with Gasteiger partial charge in [-0.3, -0.25) is 9.59 Å². The number of pyridine rings is 1. The predicted molar refractivity (Wildman–Crippen MR) is 118 cm³/mol. The first-order valence-electron chi connectivity index (χ1n) is 10.0. The van der Waals surface area contributed by atoms with Crippen LogP contribution in [0.1, 0.15) is 27.2 Å². The minimum atomic E-state index is -0.914. The van der Waals surface area contributed by atoms with Gasteiger partial charge in [0, 0.05) is 33.4 Å². The van der Waals surface area contributed by atoms with Crippen LogP contribution in [0.2, 0.25) is 5.02 Å². The van der Waals surface area contributed by atoms with Crippen molar-refractivity contribution in [2.24, 2.45) is 0 Å². The van der Waals surface area contributed by atoms with Crippen LogP contribution in [-0.2, 0) is 14.3 Å². The van der Waals surface area contributed by atoms with Gasteiger partial charge in [-0.2, -0.15) is 0 Å². The molecule has 1 saturated heterocycles. The molecule has 0 saturated carbocycles. The normalized spacial score (nSPS) is 18.4. The van der Waals surface area contributed by atoms with Crippen molar-refractivity contribution in [1.29, 1.82) is 0 Å². The SMILES string of the molecule is CN(C)C(=O)N1CC[C@H](NC(=O)C(=O)Nc2ccc(Cl)cn2)[C@H](NC(=O)OC(C)(C)C)C1. The zero-order valence-corrected chi connectivity index (χ0v) is 19.5. The van der Waals surface area contributed by atoms with Crippen molar-refractivity contribution in [2.75, 3.05) is 32.5 Å². The second kappa shape index (κ2) is 10.5. The van der Waals surface area contributed by atoms with Gasteiger partial charge in [-0.05, 0) is 39.3 Å². The molecule has 5 amide bonds. The topological polar surface area (TPSA) is 133 Å². The molecule has 0 aromatic carbocycles. The fourth-order valence-electron chi connectivity index (χ4n) is 3.04. The van der Waals surface area contributed by atoms with E-state index in [1.165, 1.54) is 23.2 Å². The molecule has 1 fully saturated rings. The summed E-state index contributed by atoms with van der Waals surface area (Å²) in [5.41, 5.74) is -0.720. The van der Waals surface area contributed by atoms with E-state index in [1.807, 2.05) is 0 Å². The van der Waals surface area contributed by atoms with Gasteiger partial charge in [0.1, 0.15) is 11.4 Å². The minimum Gasteiger partial charge on any atom is -0.444 e. The fraction of sp³-hybridized carbons (Fsp3) is 0.550. The lowest BCUT2D eigenvalue weighted by atomic mass is 9.99. The number of hydrogen-bond donors (Lipinski definition) is 3. The van der Waals surface area contributed by atoms with E-state index in [-0.39, 0.29) is 18.4 Å². The Balaban J connectivity index is 2.07. The third kappa shape index (κ3) is 7.56. The van der Waals surface area contributed by atoms with Gasteiger partial charge in [-0.15, -0.1) is 0 Å². The lowest BCUT2D eigenvalue weighted by molar-refractivity contribution is -0.136. The van der Waals surface area contributed by atoms with E-state index in [0.29, 0.717) is 18.0 Å². The van der Waals surface area contributed by atoms with Crippen molar-refractivity contribution in [3.8, 4) is 0 Å². The number of hydrogen-bond acceptors (Lipinski definition) is 6. The highest BCUT2D eigenvalue weighted by Gasteiger charge is 2.36. The number of piperidine rings is 1. The van der Waals surface area contributed by atoms with Crippen LogP contribution in [0.4, 0.5) is 15.4 Å². The van der Waals surface area contributed by atoms with Crippen LogP contribution < -0.4 is 16.0 Å². The number of ether oxygens (including phenoxy) is 1. The number of likely N-dealkylation sites (tertiary alicyclic amines) is 1. The van der Waals surface area contributed by atoms with Crippen LogP contribution in [0.15, 0.2) is 18.3 Å². The van der Waals surface area contributed by atoms with E-state index < -0.39 is 35.6 Å². The van der Waals surface area contributed by atoms with Crippen molar-refractivity contribution < 1.29 is 23.9 Å². The average Bonchev–Trinajstić information content (AvgIpc) is 2.68. The molecule has 0 aliphatic carbocycles. The van der Waals surface area contributed by atoms with Gasteiger partial charge in [0.05, 0.1) is 17.1 Å². The van der Waals surface area contributed by atoms with Crippen molar-refractivity contribution in [3.63, 3.8) is 0 Å². The number of aromatic nitrogens is 1. The van der Waals surface area contributed by atoms with Crippen LogP contribution >= 0.6 is 11.6 Å². The molecule has 1 aliphatic heterocycles. The van der Waals surface area contributed by atoms with Crippen LogP contribution in [0.25, 0.3) is 0 Å². The van der Waals surface area contributed by atoms with Crippen molar-refractivity contribution in [3.05, 3.63) is 23.4 Å². The molecule has 1 aromatic heterocycles. The molecule has 1 aromatic rings. The van der Waals surface area contributed by atoms with Gasteiger partial charge >= 0.3 is 23.9 Å². The smallest absolute Gasteiger partial charge is 0.408 e. The highest BCUT2D eigenvalue weighted by atomic mass is 35.5. The highest BCUT2D eigenvalue weighted by molar-refractivity contribution is 6.39. The molecule has 32 heavy (non-hydrogen) atoms. The third-order valence-electron chi connectivity index (χ3n) is 4.46. The average molecular weight is 469 g/mol. The summed E-state index contributed by atoms with van der Waals surface area (Å²) in [5.74, 6) is -1.64. The molecule has 1 aliphatic rings. The Morgan fingerprint density at radius 1 is 1.12 bits per heavy atom. The van der Waals surface area contributed by atoms with Gasteiger partial charge < -0.3 is 30.5 Å². The lowest BCUT2D eigenvalue weighted by Crippen LogP contribution is -2.63. The first-order valence-corrected chi connectivity index (χ1v) is 10.4. The molecule has 2 heterocycles. The molecule has 0 spiro atoms. The standard InChI is InChI=1S/C20H29ClN6O5/c1-20(2,3)32-18(30)24-14-11-27(19(31)26(4)5)9-8-13(14)23-16(28)17(29)25-15-7-6-12(21)10-22-15/h6-7,10,13-14H,8-9,11H2,1-5H3,(H,23,28)(H,24,30)(H,22,25,29)/t13-,14+/m0/s1. The van der Waals surface area contributed by atoms with E-state index >= 15 is 0 Å². The number of nitrogens with one attached hydrogen (secondary N) is 3. The maximum absolute atomic E-state index is 12.5. The molecule has 3 N–H and O–H groups in total. The summed E-state index contributed by atoms with van der Waals surface area (Å²) in [6.45, 7) is 5.66. The Kier molecular flexibility index (Phi) is 8.25. The number of alkyl carbamates (subject to hydrolysis) is 1. The first-order chi connectivity index (χ1) is 14.9. The summed E-state index contributed by atoms with van der Waals surface area (Å²) in [4.78, 5) is 56.3. The lowest BCUT2D eigenvalue weighted by Gasteiger charge is -2.40. The van der Waals surface area contributed by atoms with Crippen LogP contribution in [-0.4, -0.2) is 83.6 Å². The van der Waals surface area contributed by atoms with Crippen molar-refractivity contribution >= 4 is 41.4 Å². The number of carbonyl (C=O) groups excluding carboxylic acids is 4. The Hall–Kier alpha value is -3.08. The number of rotatable bonds is 3. The summed E-state index contributed by atoms with van der Waals surface area (Å²) < 4.78 is 5.30. The minimum absolute atomic E-state index is 0.140. The largest absolute Gasteiger partial charge is 0.444 e. The maximum atomic E-state index is 12.5. The van der Waals surface area contributed by atoms with Crippen molar-refractivity contribution in [1.82, 2.24) is 25.4 Å². The van der Waals surface area contributed by atoms with Gasteiger partial charge in [0.2, 0.25) is 0 Å². The van der Waals surface area contributed by atoms with Crippen LogP contribution in [0.3, 0.4) is 0 Å². The molecule has 0 radical (unpaired) electrons.